The second kappa shape index (κ2) is 8.41. The molecule has 4 rings (SSSR count). The van der Waals surface area contributed by atoms with E-state index in [0.29, 0.717) is 24.8 Å². The van der Waals surface area contributed by atoms with Crippen molar-refractivity contribution in [1.29, 1.82) is 0 Å². The first-order valence-corrected chi connectivity index (χ1v) is 8.84. The fraction of sp³-hybridized carbons (Fsp3) is 0.0952. The van der Waals surface area contributed by atoms with E-state index in [4.69, 9.17) is 4.74 Å². The summed E-state index contributed by atoms with van der Waals surface area (Å²) >= 11 is 0. The quantitative estimate of drug-likeness (QED) is 0.531. The maximum Gasteiger partial charge on any atom is 0.345 e. The number of hydrogen-bond donors (Lipinski definition) is 1. The zero-order valence-corrected chi connectivity index (χ0v) is 15.0. The molecule has 0 saturated heterocycles. The molecule has 0 bridgehead atoms. The highest BCUT2D eigenvalue weighted by Crippen LogP contribution is 2.22. The van der Waals surface area contributed by atoms with Gasteiger partial charge in [0.1, 0.15) is 11.6 Å². The summed E-state index contributed by atoms with van der Waals surface area (Å²) in [5.41, 5.74) is 2.90. The summed E-state index contributed by atoms with van der Waals surface area (Å²) < 4.78 is 20.4. The zero-order valence-electron chi connectivity index (χ0n) is 15.0. The van der Waals surface area contributed by atoms with Crippen molar-refractivity contribution in [2.24, 2.45) is 0 Å². The molecule has 0 unspecified atom stereocenters. The van der Waals surface area contributed by atoms with E-state index in [1.165, 1.54) is 12.1 Å². The molecule has 0 aliphatic carbocycles. The Morgan fingerprint density at radius 1 is 0.857 bits per heavy atom. The van der Waals surface area contributed by atoms with Gasteiger partial charge in [-0.1, -0.05) is 47.6 Å². The average Bonchev–Trinajstić information content (AvgIpc) is 3.19. The van der Waals surface area contributed by atoms with Gasteiger partial charge in [-0.3, -0.25) is 0 Å². The van der Waals surface area contributed by atoms with E-state index in [0.717, 1.165) is 16.8 Å². The Hall–Kier alpha value is -3.58. The third-order valence-corrected chi connectivity index (χ3v) is 4.12. The lowest BCUT2D eigenvalue weighted by Gasteiger charge is -2.09. The Labute approximate surface area is 161 Å². The first-order chi connectivity index (χ1) is 13.8. The monoisotopic (exact) mass is 375 g/mol. The number of ether oxygens (including phenoxy) is 1. The molecular formula is C21H18FN5O. The molecule has 1 heterocycles. The molecule has 1 aromatic heterocycles. The van der Waals surface area contributed by atoms with Crippen molar-refractivity contribution >= 4 is 0 Å². The Kier molecular flexibility index (Phi) is 5.35. The van der Waals surface area contributed by atoms with Crippen molar-refractivity contribution in [2.45, 2.75) is 13.1 Å². The molecule has 0 atom stereocenters. The highest BCUT2D eigenvalue weighted by Gasteiger charge is 2.10. The summed E-state index contributed by atoms with van der Waals surface area (Å²) in [7, 11) is 0. The van der Waals surface area contributed by atoms with Crippen LogP contribution in [0.25, 0.3) is 5.69 Å². The molecule has 7 heteroatoms. The molecule has 28 heavy (non-hydrogen) atoms. The summed E-state index contributed by atoms with van der Waals surface area (Å²) in [6, 6.07) is 24.0. The second-order valence-corrected chi connectivity index (χ2v) is 6.19. The van der Waals surface area contributed by atoms with Crippen LogP contribution in [-0.2, 0) is 13.1 Å². The van der Waals surface area contributed by atoms with Crippen molar-refractivity contribution in [3.63, 3.8) is 0 Å². The fourth-order valence-corrected chi connectivity index (χ4v) is 2.75. The van der Waals surface area contributed by atoms with Gasteiger partial charge < -0.3 is 10.1 Å². The second-order valence-electron chi connectivity index (χ2n) is 6.19. The Morgan fingerprint density at radius 2 is 1.64 bits per heavy atom. The number of benzene rings is 3. The third kappa shape index (κ3) is 4.39. The summed E-state index contributed by atoms with van der Waals surface area (Å²) in [6.07, 6.45) is 0. The van der Waals surface area contributed by atoms with Crippen molar-refractivity contribution in [1.82, 2.24) is 25.5 Å². The maximum absolute atomic E-state index is 13.0. The van der Waals surface area contributed by atoms with Gasteiger partial charge in [0.15, 0.2) is 0 Å². The number of nitrogens with one attached hydrogen (secondary N) is 1. The van der Waals surface area contributed by atoms with E-state index in [1.54, 1.807) is 16.8 Å². The minimum atomic E-state index is -0.230. The van der Waals surface area contributed by atoms with Gasteiger partial charge >= 0.3 is 6.01 Å². The van der Waals surface area contributed by atoms with Crippen LogP contribution in [0, 0.1) is 5.82 Å². The fourth-order valence-electron chi connectivity index (χ4n) is 2.75. The van der Waals surface area contributed by atoms with E-state index >= 15 is 0 Å². The summed E-state index contributed by atoms with van der Waals surface area (Å²) in [5.74, 6) is 0.416. The van der Waals surface area contributed by atoms with Crippen LogP contribution in [0.3, 0.4) is 0 Å². The predicted molar refractivity (Wildman–Crippen MR) is 103 cm³/mol. The van der Waals surface area contributed by atoms with E-state index < -0.39 is 0 Å². The zero-order chi connectivity index (χ0) is 19.2. The van der Waals surface area contributed by atoms with Gasteiger partial charge in [0.2, 0.25) is 0 Å². The number of nitrogens with zero attached hydrogens (tertiary/aromatic N) is 4. The molecular weight excluding hydrogens is 357 g/mol. The van der Waals surface area contributed by atoms with E-state index in [1.807, 2.05) is 54.6 Å². The smallest absolute Gasteiger partial charge is 0.345 e. The average molecular weight is 375 g/mol. The summed E-state index contributed by atoms with van der Waals surface area (Å²) in [5, 5.41) is 15.0. The van der Waals surface area contributed by atoms with E-state index in [-0.39, 0.29) is 5.82 Å². The molecule has 3 aromatic carbocycles. The number of tetrazole rings is 1. The molecule has 0 saturated carbocycles. The highest BCUT2D eigenvalue weighted by molar-refractivity contribution is 5.34. The van der Waals surface area contributed by atoms with Crippen LogP contribution >= 0.6 is 0 Å². The number of halogens is 1. The summed E-state index contributed by atoms with van der Waals surface area (Å²) in [4.78, 5) is 0. The molecule has 4 aromatic rings. The molecule has 140 valence electrons. The van der Waals surface area contributed by atoms with Crippen molar-refractivity contribution < 1.29 is 9.13 Å². The highest BCUT2D eigenvalue weighted by atomic mass is 19.1. The van der Waals surface area contributed by atoms with Gasteiger partial charge in [0, 0.05) is 13.1 Å². The Morgan fingerprint density at radius 3 is 2.46 bits per heavy atom. The van der Waals surface area contributed by atoms with Gasteiger partial charge in [-0.05, 0) is 58.0 Å². The number of hydrogen-bond acceptors (Lipinski definition) is 5. The molecule has 0 radical (unpaired) electrons. The van der Waals surface area contributed by atoms with Crippen LogP contribution in [-0.4, -0.2) is 20.2 Å². The topological polar surface area (TPSA) is 64.9 Å². The van der Waals surface area contributed by atoms with Gasteiger partial charge in [-0.25, -0.2) is 4.39 Å². The first-order valence-electron chi connectivity index (χ1n) is 8.84. The molecule has 1 N–H and O–H groups in total. The maximum atomic E-state index is 13.0. The lowest BCUT2D eigenvalue weighted by Crippen LogP contribution is -2.12. The number of para-hydroxylation sites is 1. The first kappa shape index (κ1) is 17.8. The Balaban J connectivity index is 1.41. The van der Waals surface area contributed by atoms with Gasteiger partial charge in [-0.15, -0.1) is 0 Å². The minimum absolute atomic E-state index is 0.230. The molecule has 0 spiro atoms. The van der Waals surface area contributed by atoms with Crippen LogP contribution in [0.5, 0.6) is 11.8 Å². The lowest BCUT2D eigenvalue weighted by atomic mass is 10.2. The van der Waals surface area contributed by atoms with Crippen molar-refractivity contribution in [3.05, 3.63) is 95.8 Å². The van der Waals surface area contributed by atoms with Crippen LogP contribution in [0.1, 0.15) is 11.1 Å². The van der Waals surface area contributed by atoms with Gasteiger partial charge in [-0.2, -0.15) is 4.68 Å². The molecule has 0 amide bonds. The van der Waals surface area contributed by atoms with Crippen LogP contribution in [0.15, 0.2) is 78.9 Å². The van der Waals surface area contributed by atoms with Crippen molar-refractivity contribution in [2.75, 3.05) is 0 Å². The number of rotatable bonds is 7. The summed E-state index contributed by atoms with van der Waals surface area (Å²) in [6.45, 7) is 1.30. The van der Waals surface area contributed by atoms with Crippen molar-refractivity contribution in [3.8, 4) is 17.4 Å². The van der Waals surface area contributed by atoms with E-state index in [2.05, 4.69) is 20.8 Å². The minimum Gasteiger partial charge on any atom is -0.423 e. The van der Waals surface area contributed by atoms with E-state index in [9.17, 15) is 4.39 Å². The molecule has 0 aliphatic heterocycles. The molecule has 0 fully saturated rings. The van der Waals surface area contributed by atoms with Crippen LogP contribution in [0.2, 0.25) is 0 Å². The predicted octanol–water partition coefficient (Wildman–Crippen LogP) is 3.88. The third-order valence-electron chi connectivity index (χ3n) is 4.12. The standard InChI is InChI=1S/C21H18FN5O/c22-18-11-9-16(10-12-18)14-23-15-17-5-4-8-20(13-17)28-21-24-25-26-27(21)19-6-2-1-3-7-19/h1-13,23H,14-15H2. The SMILES string of the molecule is Fc1ccc(CNCc2cccc(Oc3nnnn3-c3ccccc3)c2)cc1. The molecule has 0 aliphatic rings. The number of aromatic nitrogens is 4. The lowest BCUT2D eigenvalue weighted by molar-refractivity contribution is 0.426. The normalized spacial score (nSPS) is 10.8. The molecule has 6 nitrogen and oxygen atoms in total. The van der Waals surface area contributed by atoms with Crippen LogP contribution in [0.4, 0.5) is 4.39 Å². The van der Waals surface area contributed by atoms with Gasteiger partial charge in [0.25, 0.3) is 0 Å². The largest absolute Gasteiger partial charge is 0.423 e. The Bertz CT molecular complexity index is 1030. The van der Waals surface area contributed by atoms with Crippen LogP contribution < -0.4 is 10.1 Å². The van der Waals surface area contributed by atoms with Gasteiger partial charge in [0.05, 0.1) is 5.69 Å².